The van der Waals surface area contributed by atoms with E-state index in [4.69, 9.17) is 8.83 Å². The number of aryl methyl sites for hydroxylation is 3. The summed E-state index contributed by atoms with van der Waals surface area (Å²) in [6, 6.07) is 10.8. The lowest BCUT2D eigenvalue weighted by Gasteiger charge is -2.15. The van der Waals surface area contributed by atoms with E-state index in [0.29, 0.717) is 39.9 Å². The summed E-state index contributed by atoms with van der Waals surface area (Å²) in [5.74, 6) is -0.279. The first-order chi connectivity index (χ1) is 16.7. The molecule has 4 aromatic rings. The van der Waals surface area contributed by atoms with Crippen LogP contribution in [0, 0.1) is 20.8 Å². The maximum Gasteiger partial charge on any atom is 0.340 e. The third-order valence-electron chi connectivity index (χ3n) is 6.28. The number of fused-ring (bicyclic) bond motifs is 2. The van der Waals surface area contributed by atoms with Gasteiger partial charge in [-0.3, -0.25) is 4.79 Å². The van der Waals surface area contributed by atoms with Crippen LogP contribution in [0.2, 0.25) is 0 Å². The molecule has 0 saturated heterocycles. The van der Waals surface area contributed by atoms with Gasteiger partial charge in [0.05, 0.1) is 12.0 Å². The Balaban J connectivity index is 1.79. The molecule has 2 N–H and O–H groups in total. The van der Waals surface area contributed by atoms with Crippen LogP contribution in [0.1, 0.15) is 28.9 Å². The fraction of sp³-hybridized carbons (Fsp3) is 0.296. The molecular formula is C27H27NO6S. The van der Waals surface area contributed by atoms with Crippen LogP contribution in [-0.4, -0.2) is 35.0 Å². The third kappa shape index (κ3) is 4.71. The van der Waals surface area contributed by atoms with Crippen molar-refractivity contribution in [3.05, 3.63) is 69.3 Å². The van der Waals surface area contributed by atoms with E-state index in [2.05, 4.69) is 5.32 Å². The number of nitrogens with one attached hydrogen (secondary N) is 1. The molecule has 0 aliphatic rings. The highest BCUT2D eigenvalue weighted by Gasteiger charge is 2.24. The average Bonchev–Trinajstić information content (AvgIpc) is 3.17. The number of hydrogen-bond acceptors (Lipinski definition) is 6. The first-order valence-corrected chi connectivity index (χ1v) is 12.7. The van der Waals surface area contributed by atoms with Gasteiger partial charge in [0.1, 0.15) is 23.0 Å². The molecule has 2 aromatic carbocycles. The maximum absolute atomic E-state index is 12.9. The molecule has 0 radical (unpaired) electrons. The third-order valence-corrected chi connectivity index (χ3v) is 6.92. The van der Waals surface area contributed by atoms with Gasteiger partial charge in [0.2, 0.25) is 5.91 Å². The van der Waals surface area contributed by atoms with Crippen molar-refractivity contribution in [2.45, 2.75) is 39.7 Å². The summed E-state index contributed by atoms with van der Waals surface area (Å²) in [5, 5.41) is 13.5. The fourth-order valence-electron chi connectivity index (χ4n) is 4.44. The van der Waals surface area contributed by atoms with E-state index in [9.17, 15) is 19.5 Å². The van der Waals surface area contributed by atoms with Gasteiger partial charge >= 0.3 is 11.6 Å². The van der Waals surface area contributed by atoms with E-state index < -0.39 is 23.5 Å². The Morgan fingerprint density at radius 1 is 1.03 bits per heavy atom. The topological polar surface area (TPSA) is 110 Å². The summed E-state index contributed by atoms with van der Waals surface area (Å²) in [6.07, 6.45) is 1.90. The van der Waals surface area contributed by atoms with Crippen LogP contribution in [0.5, 0.6) is 0 Å². The van der Waals surface area contributed by atoms with Crippen LogP contribution in [0.25, 0.3) is 33.1 Å². The highest BCUT2D eigenvalue weighted by atomic mass is 32.2. The second kappa shape index (κ2) is 10.00. The molecule has 4 rings (SSSR count). The number of amides is 1. The molecule has 182 valence electrons. The number of aliphatic carboxylic acids is 1. The highest BCUT2D eigenvalue weighted by Crippen LogP contribution is 2.39. The van der Waals surface area contributed by atoms with Gasteiger partial charge in [-0.1, -0.05) is 30.3 Å². The van der Waals surface area contributed by atoms with E-state index in [1.54, 1.807) is 6.92 Å². The number of hydrogen-bond donors (Lipinski definition) is 2. The predicted molar refractivity (Wildman–Crippen MR) is 138 cm³/mol. The molecule has 7 nitrogen and oxygen atoms in total. The molecule has 0 bridgehead atoms. The van der Waals surface area contributed by atoms with Crippen LogP contribution in [-0.2, 0) is 16.0 Å². The van der Waals surface area contributed by atoms with Gasteiger partial charge in [0, 0.05) is 21.9 Å². The maximum atomic E-state index is 12.9. The van der Waals surface area contributed by atoms with Gasteiger partial charge in [0.15, 0.2) is 0 Å². The van der Waals surface area contributed by atoms with Crippen molar-refractivity contribution in [3.8, 4) is 11.1 Å². The van der Waals surface area contributed by atoms with Crippen molar-refractivity contribution in [1.82, 2.24) is 5.32 Å². The van der Waals surface area contributed by atoms with E-state index >= 15 is 0 Å². The molecule has 2 aromatic heterocycles. The van der Waals surface area contributed by atoms with E-state index in [1.807, 2.05) is 56.5 Å². The highest BCUT2D eigenvalue weighted by molar-refractivity contribution is 7.98. The zero-order valence-corrected chi connectivity index (χ0v) is 20.9. The standard InChI is InChI=1S/C27H27NO6S/c1-14-18-12-20-23(17-8-6-5-7-9-17)16(3)33-25(20)15(2)24(18)34-27(32)19(14)13-22(29)28-21(26(30)31)10-11-35-4/h5-9,12,21H,10-11,13H2,1-4H3,(H,28,29)(H,30,31)/t21-/m1/s1. The summed E-state index contributed by atoms with van der Waals surface area (Å²) >= 11 is 1.50. The number of carbonyl (C=O) groups is 2. The van der Waals surface area contributed by atoms with Gasteiger partial charge in [-0.15, -0.1) is 0 Å². The van der Waals surface area contributed by atoms with Crippen molar-refractivity contribution in [3.63, 3.8) is 0 Å². The Bertz CT molecular complexity index is 1490. The van der Waals surface area contributed by atoms with Crippen molar-refractivity contribution < 1.29 is 23.5 Å². The number of thioether (sulfide) groups is 1. The minimum Gasteiger partial charge on any atom is -0.480 e. The zero-order chi connectivity index (χ0) is 25.3. The lowest BCUT2D eigenvalue weighted by Crippen LogP contribution is -2.42. The normalized spacial score (nSPS) is 12.2. The smallest absolute Gasteiger partial charge is 0.340 e. The van der Waals surface area contributed by atoms with Crippen molar-refractivity contribution in [2.75, 3.05) is 12.0 Å². The van der Waals surface area contributed by atoms with Gasteiger partial charge in [-0.05, 0) is 56.4 Å². The molecule has 0 aliphatic heterocycles. The first kappa shape index (κ1) is 24.6. The van der Waals surface area contributed by atoms with E-state index in [0.717, 1.165) is 22.3 Å². The Labute approximate surface area is 206 Å². The summed E-state index contributed by atoms with van der Waals surface area (Å²) < 4.78 is 11.8. The molecule has 35 heavy (non-hydrogen) atoms. The summed E-state index contributed by atoms with van der Waals surface area (Å²) in [5.41, 5.74) is 3.99. The molecule has 0 saturated carbocycles. The van der Waals surface area contributed by atoms with Crippen LogP contribution in [0.3, 0.4) is 0 Å². The molecule has 8 heteroatoms. The summed E-state index contributed by atoms with van der Waals surface area (Å²) in [4.78, 5) is 37.0. The van der Waals surface area contributed by atoms with E-state index in [-0.39, 0.29) is 12.0 Å². The largest absolute Gasteiger partial charge is 0.480 e. The number of furan rings is 1. The minimum absolute atomic E-state index is 0.212. The van der Waals surface area contributed by atoms with Crippen molar-refractivity contribution >= 4 is 45.6 Å². The molecule has 2 heterocycles. The summed E-state index contributed by atoms with van der Waals surface area (Å²) in [7, 11) is 0. The van der Waals surface area contributed by atoms with E-state index in [1.165, 1.54) is 11.8 Å². The molecule has 0 aliphatic carbocycles. The number of benzene rings is 2. The van der Waals surface area contributed by atoms with Gasteiger partial charge in [-0.25, -0.2) is 9.59 Å². The van der Waals surface area contributed by atoms with Gasteiger partial charge < -0.3 is 19.3 Å². The monoisotopic (exact) mass is 493 g/mol. The lowest BCUT2D eigenvalue weighted by molar-refractivity contribution is -0.141. The molecule has 1 amide bonds. The Hall–Kier alpha value is -3.52. The molecule has 0 fully saturated rings. The molecular weight excluding hydrogens is 466 g/mol. The number of carboxylic acids is 1. The van der Waals surface area contributed by atoms with Crippen molar-refractivity contribution in [1.29, 1.82) is 0 Å². The SMILES string of the molecule is CSCC[C@@H](NC(=O)Cc1c(C)c2cc3c(-c4ccccc4)c(C)oc3c(C)c2oc1=O)C(=O)O. The van der Waals surface area contributed by atoms with Crippen LogP contribution < -0.4 is 10.9 Å². The second-order valence-corrected chi connectivity index (χ2v) is 9.55. The van der Waals surface area contributed by atoms with Crippen LogP contribution in [0.15, 0.2) is 50.0 Å². The Morgan fingerprint density at radius 3 is 2.37 bits per heavy atom. The predicted octanol–water partition coefficient (Wildman–Crippen LogP) is 5.00. The number of rotatable bonds is 8. The number of carbonyl (C=O) groups excluding carboxylic acids is 1. The van der Waals surface area contributed by atoms with Crippen LogP contribution >= 0.6 is 11.8 Å². The minimum atomic E-state index is -1.10. The summed E-state index contributed by atoms with van der Waals surface area (Å²) in [6.45, 7) is 5.53. The van der Waals surface area contributed by atoms with Crippen molar-refractivity contribution in [2.24, 2.45) is 0 Å². The average molecular weight is 494 g/mol. The lowest BCUT2D eigenvalue weighted by atomic mass is 9.96. The second-order valence-electron chi connectivity index (χ2n) is 8.56. The molecule has 0 spiro atoms. The molecule has 1 atom stereocenters. The quantitative estimate of drug-likeness (QED) is 0.333. The first-order valence-electron chi connectivity index (χ1n) is 11.3. The van der Waals surface area contributed by atoms with Gasteiger partial charge in [-0.2, -0.15) is 11.8 Å². The zero-order valence-electron chi connectivity index (χ0n) is 20.1. The van der Waals surface area contributed by atoms with Gasteiger partial charge in [0.25, 0.3) is 0 Å². The fourth-order valence-corrected chi connectivity index (χ4v) is 4.91. The number of carboxylic acid groups (broad SMARTS) is 1. The molecule has 0 unspecified atom stereocenters. The van der Waals surface area contributed by atoms with Crippen LogP contribution in [0.4, 0.5) is 0 Å². The Morgan fingerprint density at radius 2 is 1.71 bits per heavy atom. The Kier molecular flexibility index (Phi) is 7.03.